The fraction of sp³-hybridized carbons (Fsp3) is 0.211. The van der Waals surface area contributed by atoms with Crippen molar-refractivity contribution in [1.82, 2.24) is 0 Å². The minimum absolute atomic E-state index is 0.0209. The third-order valence-electron chi connectivity index (χ3n) is 3.65. The van der Waals surface area contributed by atoms with Gasteiger partial charge in [0.15, 0.2) is 5.78 Å². The molecule has 2 heteroatoms. The van der Waals surface area contributed by atoms with Gasteiger partial charge in [-0.15, -0.1) is 0 Å². The van der Waals surface area contributed by atoms with Crippen LogP contribution in [-0.2, 0) is 0 Å². The quantitative estimate of drug-likeness (QED) is 0.647. The van der Waals surface area contributed by atoms with Gasteiger partial charge in [-0.25, -0.2) is 0 Å². The van der Waals surface area contributed by atoms with Crippen molar-refractivity contribution >= 4 is 11.5 Å². The number of rotatable bonds is 4. The largest absolute Gasteiger partial charge is 0.362 e. The summed E-state index contributed by atoms with van der Waals surface area (Å²) in [5, 5.41) is 3.15. The van der Waals surface area contributed by atoms with Crippen molar-refractivity contribution in [3.8, 4) is 0 Å². The predicted molar refractivity (Wildman–Crippen MR) is 88.9 cm³/mol. The van der Waals surface area contributed by atoms with Crippen molar-refractivity contribution in [2.75, 3.05) is 5.32 Å². The van der Waals surface area contributed by atoms with Gasteiger partial charge in [-0.05, 0) is 62.6 Å². The van der Waals surface area contributed by atoms with Gasteiger partial charge in [-0.2, -0.15) is 0 Å². The Balaban J connectivity index is 2.08. The van der Waals surface area contributed by atoms with Gasteiger partial charge in [0.05, 0.1) is 0 Å². The van der Waals surface area contributed by atoms with Crippen LogP contribution in [0, 0.1) is 27.7 Å². The van der Waals surface area contributed by atoms with Crippen LogP contribution in [0.5, 0.6) is 0 Å². The monoisotopic (exact) mass is 279 g/mol. The Labute approximate surface area is 126 Å². The standard InChI is InChI=1S/C19H21NO/c1-13-5-6-15(3)18(11-13)19(21)9-10-20-17-8-7-14(2)16(4)12-17/h5-12,20H,1-4H3. The molecule has 0 aliphatic heterocycles. The summed E-state index contributed by atoms with van der Waals surface area (Å²) < 4.78 is 0. The van der Waals surface area contributed by atoms with Crippen LogP contribution in [0.2, 0.25) is 0 Å². The summed E-state index contributed by atoms with van der Waals surface area (Å²) in [6.45, 7) is 8.11. The van der Waals surface area contributed by atoms with Crippen molar-refractivity contribution in [3.05, 3.63) is 76.5 Å². The highest BCUT2D eigenvalue weighted by Gasteiger charge is 2.05. The first kappa shape index (κ1) is 15.0. The average molecular weight is 279 g/mol. The maximum Gasteiger partial charge on any atom is 0.187 e. The fourth-order valence-electron chi connectivity index (χ4n) is 2.14. The summed E-state index contributed by atoms with van der Waals surface area (Å²) in [4.78, 5) is 12.2. The van der Waals surface area contributed by atoms with E-state index in [4.69, 9.17) is 0 Å². The molecule has 0 bridgehead atoms. The molecule has 0 heterocycles. The minimum atomic E-state index is 0.0209. The van der Waals surface area contributed by atoms with Crippen LogP contribution in [0.15, 0.2) is 48.7 Å². The smallest absolute Gasteiger partial charge is 0.187 e. The number of anilines is 1. The zero-order valence-electron chi connectivity index (χ0n) is 13.0. The second-order valence-electron chi connectivity index (χ2n) is 5.46. The van der Waals surface area contributed by atoms with Gasteiger partial charge in [0.1, 0.15) is 0 Å². The molecule has 2 nitrogen and oxygen atoms in total. The maximum absolute atomic E-state index is 12.2. The summed E-state index contributed by atoms with van der Waals surface area (Å²) in [5.41, 5.74) is 6.34. The molecule has 21 heavy (non-hydrogen) atoms. The third-order valence-corrected chi connectivity index (χ3v) is 3.65. The topological polar surface area (TPSA) is 29.1 Å². The molecule has 0 saturated carbocycles. The second-order valence-corrected chi connectivity index (χ2v) is 5.46. The number of allylic oxidation sites excluding steroid dienone is 1. The van der Waals surface area contributed by atoms with Crippen LogP contribution in [-0.4, -0.2) is 5.78 Å². The van der Waals surface area contributed by atoms with E-state index < -0.39 is 0 Å². The van der Waals surface area contributed by atoms with Gasteiger partial charge >= 0.3 is 0 Å². The molecule has 0 atom stereocenters. The van der Waals surface area contributed by atoms with E-state index in [0.717, 1.165) is 22.4 Å². The van der Waals surface area contributed by atoms with E-state index in [9.17, 15) is 4.79 Å². The van der Waals surface area contributed by atoms with Gasteiger partial charge in [0, 0.05) is 23.5 Å². The molecule has 0 amide bonds. The molecule has 0 aliphatic rings. The lowest BCUT2D eigenvalue weighted by molar-refractivity contribution is 0.104. The summed E-state index contributed by atoms with van der Waals surface area (Å²) in [6.07, 6.45) is 3.28. The Morgan fingerprint density at radius 1 is 0.905 bits per heavy atom. The number of aryl methyl sites for hydroxylation is 4. The molecule has 2 rings (SSSR count). The number of carbonyl (C=O) groups excluding carboxylic acids is 1. The van der Waals surface area contributed by atoms with E-state index in [1.165, 1.54) is 11.1 Å². The van der Waals surface area contributed by atoms with Crippen molar-refractivity contribution < 1.29 is 4.79 Å². The molecule has 2 aromatic rings. The highest BCUT2D eigenvalue weighted by molar-refractivity contribution is 6.05. The van der Waals surface area contributed by atoms with E-state index in [-0.39, 0.29) is 5.78 Å². The van der Waals surface area contributed by atoms with Crippen LogP contribution in [0.25, 0.3) is 0 Å². The highest BCUT2D eigenvalue weighted by Crippen LogP contribution is 2.15. The Morgan fingerprint density at radius 3 is 2.33 bits per heavy atom. The molecule has 0 aliphatic carbocycles. The van der Waals surface area contributed by atoms with Crippen LogP contribution in [0.1, 0.15) is 32.6 Å². The first-order valence-electron chi connectivity index (χ1n) is 7.09. The van der Waals surface area contributed by atoms with E-state index in [0.29, 0.717) is 0 Å². The molecule has 108 valence electrons. The molecule has 0 saturated heterocycles. The van der Waals surface area contributed by atoms with Crippen molar-refractivity contribution in [3.63, 3.8) is 0 Å². The lowest BCUT2D eigenvalue weighted by Crippen LogP contribution is -2.00. The molecule has 0 fully saturated rings. The molecular formula is C19H21NO. The maximum atomic E-state index is 12.2. The Kier molecular flexibility index (Phi) is 4.59. The van der Waals surface area contributed by atoms with Crippen molar-refractivity contribution in [2.24, 2.45) is 0 Å². The van der Waals surface area contributed by atoms with E-state index in [2.05, 4.69) is 31.3 Å². The zero-order valence-corrected chi connectivity index (χ0v) is 13.0. The van der Waals surface area contributed by atoms with Crippen LogP contribution in [0.3, 0.4) is 0 Å². The van der Waals surface area contributed by atoms with E-state index >= 15 is 0 Å². The van der Waals surface area contributed by atoms with Crippen LogP contribution in [0.4, 0.5) is 5.69 Å². The molecule has 0 spiro atoms. The lowest BCUT2D eigenvalue weighted by Gasteiger charge is -2.05. The summed E-state index contributed by atoms with van der Waals surface area (Å²) in [7, 11) is 0. The normalized spacial score (nSPS) is 10.9. The Hall–Kier alpha value is -2.35. The number of ketones is 1. The van der Waals surface area contributed by atoms with Gasteiger partial charge in [0.25, 0.3) is 0 Å². The van der Waals surface area contributed by atoms with E-state index in [1.807, 2.05) is 38.1 Å². The number of nitrogens with one attached hydrogen (secondary N) is 1. The number of hydrogen-bond donors (Lipinski definition) is 1. The van der Waals surface area contributed by atoms with Crippen molar-refractivity contribution in [2.45, 2.75) is 27.7 Å². The molecular weight excluding hydrogens is 258 g/mol. The zero-order chi connectivity index (χ0) is 15.4. The number of hydrogen-bond acceptors (Lipinski definition) is 2. The Bertz CT molecular complexity index is 699. The predicted octanol–water partition coefficient (Wildman–Crippen LogP) is 4.73. The molecule has 0 aromatic heterocycles. The van der Waals surface area contributed by atoms with Crippen molar-refractivity contribution in [1.29, 1.82) is 0 Å². The van der Waals surface area contributed by atoms with Gasteiger partial charge < -0.3 is 5.32 Å². The summed E-state index contributed by atoms with van der Waals surface area (Å²) in [5.74, 6) is 0.0209. The van der Waals surface area contributed by atoms with Crippen LogP contribution < -0.4 is 5.32 Å². The molecule has 2 aromatic carbocycles. The summed E-state index contributed by atoms with van der Waals surface area (Å²) in [6, 6.07) is 12.1. The SMILES string of the molecule is Cc1ccc(C)c(C(=O)C=CNc2ccc(C)c(C)c2)c1. The molecule has 1 N–H and O–H groups in total. The average Bonchev–Trinajstić information content (AvgIpc) is 2.45. The highest BCUT2D eigenvalue weighted by atomic mass is 16.1. The fourth-order valence-corrected chi connectivity index (χ4v) is 2.14. The second kappa shape index (κ2) is 6.40. The summed E-state index contributed by atoms with van der Waals surface area (Å²) >= 11 is 0. The first-order chi connectivity index (χ1) is 9.97. The third kappa shape index (κ3) is 3.82. The van der Waals surface area contributed by atoms with Gasteiger partial charge in [0.2, 0.25) is 0 Å². The number of benzene rings is 2. The molecule has 0 radical (unpaired) electrons. The Morgan fingerprint density at radius 2 is 1.62 bits per heavy atom. The lowest BCUT2D eigenvalue weighted by atomic mass is 10.0. The number of carbonyl (C=O) groups is 1. The molecule has 0 unspecified atom stereocenters. The first-order valence-corrected chi connectivity index (χ1v) is 7.09. The van der Waals surface area contributed by atoms with Gasteiger partial charge in [-0.3, -0.25) is 4.79 Å². The van der Waals surface area contributed by atoms with Crippen LogP contribution >= 0.6 is 0 Å². The minimum Gasteiger partial charge on any atom is -0.362 e. The van der Waals surface area contributed by atoms with E-state index in [1.54, 1.807) is 12.3 Å². The van der Waals surface area contributed by atoms with Gasteiger partial charge in [-0.1, -0.05) is 23.8 Å².